The van der Waals surface area contributed by atoms with Gasteiger partial charge < -0.3 is 19.0 Å². The molecule has 3 aromatic rings. The number of likely N-dealkylation sites (N-methyl/N-ethyl adjacent to an activating group) is 1. The molecule has 0 N–H and O–H groups in total. The van der Waals surface area contributed by atoms with Gasteiger partial charge >= 0.3 is 0 Å². The monoisotopic (exact) mass is 492 g/mol. The van der Waals surface area contributed by atoms with Gasteiger partial charge in [0.15, 0.2) is 5.76 Å². The average molecular weight is 493 g/mol. The second-order valence-corrected chi connectivity index (χ2v) is 9.75. The predicted octanol–water partition coefficient (Wildman–Crippen LogP) is 5.25. The van der Waals surface area contributed by atoms with Crippen LogP contribution in [0, 0.1) is 5.92 Å². The summed E-state index contributed by atoms with van der Waals surface area (Å²) in [7, 11) is 3.50. The van der Waals surface area contributed by atoms with Crippen LogP contribution in [0.1, 0.15) is 39.3 Å². The molecule has 2 aromatic carbocycles. The van der Waals surface area contributed by atoms with E-state index in [2.05, 4.69) is 6.07 Å². The highest BCUT2D eigenvalue weighted by molar-refractivity contribution is 7.98. The highest BCUT2D eigenvalue weighted by atomic mass is 32.2. The molecule has 0 aliphatic carbocycles. The van der Waals surface area contributed by atoms with Crippen LogP contribution in [0.2, 0.25) is 0 Å². The molecule has 0 unspecified atom stereocenters. The number of methoxy groups -OCH3 is 1. The Hall–Kier alpha value is -3.19. The molecule has 2 heterocycles. The molecule has 4 rings (SSSR count). The number of amides is 2. The average Bonchev–Trinajstić information content (AvgIpc) is 3.46. The molecule has 7 heteroatoms. The van der Waals surface area contributed by atoms with E-state index in [9.17, 15) is 9.59 Å². The normalized spacial score (nSPS) is 15.0. The molecule has 1 aliphatic heterocycles. The Labute approximate surface area is 211 Å². The Morgan fingerprint density at radius 2 is 1.86 bits per heavy atom. The van der Waals surface area contributed by atoms with E-state index in [1.165, 1.54) is 6.26 Å². The number of carbonyl (C=O) groups excluding carboxylic acids is 2. The molecule has 35 heavy (non-hydrogen) atoms. The lowest BCUT2D eigenvalue weighted by Gasteiger charge is -2.40. The maximum Gasteiger partial charge on any atom is 0.289 e. The number of benzene rings is 2. The van der Waals surface area contributed by atoms with E-state index >= 15 is 0 Å². The summed E-state index contributed by atoms with van der Waals surface area (Å²) in [4.78, 5) is 31.1. The molecule has 0 bridgehead atoms. The number of piperidine rings is 1. The van der Waals surface area contributed by atoms with Gasteiger partial charge in [-0.15, -0.1) is 11.8 Å². The summed E-state index contributed by atoms with van der Waals surface area (Å²) in [5.74, 6) is 1.34. The lowest BCUT2D eigenvalue weighted by atomic mass is 9.84. The summed E-state index contributed by atoms with van der Waals surface area (Å²) >= 11 is 1.66. The molecule has 1 aliphatic rings. The van der Waals surface area contributed by atoms with E-state index in [0.717, 1.165) is 34.6 Å². The van der Waals surface area contributed by atoms with Crippen LogP contribution in [0.3, 0.4) is 0 Å². The summed E-state index contributed by atoms with van der Waals surface area (Å²) in [6, 6.07) is 19.2. The third-order valence-corrected chi connectivity index (χ3v) is 7.58. The second kappa shape index (κ2) is 11.5. The first-order chi connectivity index (χ1) is 17.0. The Kier molecular flexibility index (Phi) is 8.18. The van der Waals surface area contributed by atoms with Crippen molar-refractivity contribution in [2.24, 2.45) is 5.92 Å². The van der Waals surface area contributed by atoms with Gasteiger partial charge in [0, 0.05) is 36.6 Å². The van der Waals surface area contributed by atoms with Crippen molar-refractivity contribution in [1.29, 1.82) is 0 Å². The van der Waals surface area contributed by atoms with Gasteiger partial charge in [-0.25, -0.2) is 0 Å². The number of thioether (sulfide) groups is 1. The fourth-order valence-corrected chi connectivity index (χ4v) is 5.20. The van der Waals surface area contributed by atoms with E-state index in [4.69, 9.17) is 9.15 Å². The summed E-state index contributed by atoms with van der Waals surface area (Å²) in [6.07, 6.45) is 5.91. The van der Waals surface area contributed by atoms with Crippen LogP contribution in [0.4, 0.5) is 0 Å². The summed E-state index contributed by atoms with van der Waals surface area (Å²) in [5, 5.41) is 0. The standard InChI is InChI=1S/C28H32N2O4S/c1-29(28(32)26-8-5-17-34-26)25(19-20-6-4-7-23(18-20)33-2)21-13-15-30(16-14-21)27(31)22-9-11-24(35-3)12-10-22/h4-12,17-18,21,25H,13-16,19H2,1-3H3/t25-/m0/s1. The first-order valence-corrected chi connectivity index (χ1v) is 13.1. The molecule has 1 aromatic heterocycles. The highest BCUT2D eigenvalue weighted by Crippen LogP contribution is 2.29. The van der Waals surface area contributed by atoms with E-state index in [0.29, 0.717) is 25.3 Å². The molecule has 2 amide bonds. The van der Waals surface area contributed by atoms with Gasteiger partial charge in [0.25, 0.3) is 11.8 Å². The summed E-state index contributed by atoms with van der Waals surface area (Å²) < 4.78 is 10.8. The van der Waals surface area contributed by atoms with Crippen molar-refractivity contribution in [3.8, 4) is 5.75 Å². The molecule has 184 valence electrons. The Morgan fingerprint density at radius 1 is 1.11 bits per heavy atom. The zero-order valence-corrected chi connectivity index (χ0v) is 21.3. The maximum absolute atomic E-state index is 13.2. The zero-order valence-electron chi connectivity index (χ0n) is 20.5. The van der Waals surface area contributed by atoms with Gasteiger partial charge in [-0.3, -0.25) is 9.59 Å². The third kappa shape index (κ3) is 5.90. The van der Waals surface area contributed by atoms with E-state index in [1.54, 1.807) is 31.0 Å². The molecule has 0 saturated carbocycles. The molecular weight excluding hydrogens is 460 g/mol. The number of hydrogen-bond acceptors (Lipinski definition) is 5. The molecule has 0 spiro atoms. The van der Waals surface area contributed by atoms with Gasteiger partial charge in [0.05, 0.1) is 13.4 Å². The summed E-state index contributed by atoms with van der Waals surface area (Å²) in [6.45, 7) is 1.34. The lowest BCUT2D eigenvalue weighted by molar-refractivity contribution is 0.0504. The Balaban J connectivity index is 1.48. The highest BCUT2D eigenvalue weighted by Gasteiger charge is 2.34. The van der Waals surface area contributed by atoms with Crippen molar-refractivity contribution in [2.75, 3.05) is 33.5 Å². The fourth-order valence-electron chi connectivity index (χ4n) is 4.79. The lowest BCUT2D eigenvalue weighted by Crippen LogP contribution is -2.48. The van der Waals surface area contributed by atoms with Gasteiger partial charge in [-0.05, 0) is 85.5 Å². The number of ether oxygens (including phenoxy) is 1. The molecular formula is C28H32N2O4S. The number of hydrogen-bond donors (Lipinski definition) is 0. The maximum atomic E-state index is 13.2. The molecule has 1 atom stereocenters. The third-order valence-electron chi connectivity index (χ3n) is 6.84. The van der Waals surface area contributed by atoms with Gasteiger partial charge in [-0.1, -0.05) is 12.1 Å². The quantitative estimate of drug-likeness (QED) is 0.402. The van der Waals surface area contributed by atoms with Crippen LogP contribution in [0.25, 0.3) is 0 Å². The molecule has 6 nitrogen and oxygen atoms in total. The fraction of sp³-hybridized carbons (Fsp3) is 0.357. The smallest absolute Gasteiger partial charge is 0.289 e. The van der Waals surface area contributed by atoms with Crippen LogP contribution >= 0.6 is 11.8 Å². The van der Waals surface area contributed by atoms with E-state index < -0.39 is 0 Å². The van der Waals surface area contributed by atoms with E-state index in [1.807, 2.05) is 65.6 Å². The van der Waals surface area contributed by atoms with Crippen molar-refractivity contribution in [2.45, 2.75) is 30.2 Å². The largest absolute Gasteiger partial charge is 0.497 e. The number of furan rings is 1. The first kappa shape index (κ1) is 24.9. The minimum atomic E-state index is -0.129. The zero-order chi connectivity index (χ0) is 24.8. The number of nitrogens with zero attached hydrogens (tertiary/aromatic N) is 2. The van der Waals surface area contributed by atoms with Crippen molar-refractivity contribution in [1.82, 2.24) is 9.80 Å². The van der Waals surface area contributed by atoms with Crippen LogP contribution in [-0.2, 0) is 6.42 Å². The predicted molar refractivity (Wildman–Crippen MR) is 138 cm³/mol. The minimum Gasteiger partial charge on any atom is -0.497 e. The van der Waals surface area contributed by atoms with Crippen molar-refractivity contribution in [3.63, 3.8) is 0 Å². The van der Waals surface area contributed by atoms with Gasteiger partial charge in [-0.2, -0.15) is 0 Å². The molecule has 0 radical (unpaired) electrons. The molecule has 1 fully saturated rings. The van der Waals surface area contributed by atoms with Crippen LogP contribution in [-0.4, -0.2) is 61.2 Å². The van der Waals surface area contributed by atoms with E-state index in [-0.39, 0.29) is 23.8 Å². The van der Waals surface area contributed by atoms with Crippen LogP contribution < -0.4 is 4.74 Å². The Morgan fingerprint density at radius 3 is 2.49 bits per heavy atom. The van der Waals surface area contributed by atoms with Crippen LogP contribution in [0.5, 0.6) is 5.75 Å². The topological polar surface area (TPSA) is 63.0 Å². The summed E-state index contributed by atoms with van der Waals surface area (Å²) in [5.41, 5.74) is 1.83. The second-order valence-electron chi connectivity index (χ2n) is 8.87. The SMILES string of the molecule is COc1cccc(C[C@@H](C2CCN(C(=O)c3ccc(SC)cc3)CC2)N(C)C(=O)c2ccco2)c1. The van der Waals surface area contributed by atoms with Gasteiger partial charge in [0.1, 0.15) is 5.75 Å². The van der Waals surface area contributed by atoms with Crippen molar-refractivity contribution in [3.05, 3.63) is 83.8 Å². The number of rotatable bonds is 8. The first-order valence-electron chi connectivity index (χ1n) is 11.9. The van der Waals surface area contributed by atoms with Gasteiger partial charge in [0.2, 0.25) is 0 Å². The van der Waals surface area contributed by atoms with Crippen molar-refractivity contribution >= 4 is 23.6 Å². The minimum absolute atomic E-state index is 0.0298. The van der Waals surface area contributed by atoms with Crippen LogP contribution in [0.15, 0.2) is 76.2 Å². The molecule has 1 saturated heterocycles. The van der Waals surface area contributed by atoms with Crippen molar-refractivity contribution < 1.29 is 18.7 Å². The number of likely N-dealkylation sites (tertiary alicyclic amines) is 1. The Bertz CT molecular complexity index is 1120. The number of carbonyl (C=O) groups is 2.